The number of halogens is 1. The van der Waals surface area contributed by atoms with Gasteiger partial charge < -0.3 is 22.8 Å². The molecule has 0 spiro atoms. The number of nitrogens with two attached hydrogens (primary N) is 1. The number of aliphatic carboxylic acids is 1. The largest absolute Gasteiger partial charge is 1.00 e. The van der Waals surface area contributed by atoms with E-state index in [2.05, 4.69) is 6.92 Å². The molecule has 0 aromatic carbocycles. The van der Waals surface area contributed by atoms with Crippen molar-refractivity contribution in [3.63, 3.8) is 0 Å². The van der Waals surface area contributed by atoms with Gasteiger partial charge >= 0.3 is 5.97 Å². The number of carboxylic acid groups (broad SMARTS) is 1. The zero-order valence-corrected chi connectivity index (χ0v) is 7.34. The molecule has 4 heteroatoms. The van der Waals surface area contributed by atoms with E-state index < -0.39 is 5.97 Å². The van der Waals surface area contributed by atoms with Gasteiger partial charge in [0.1, 0.15) is 0 Å². The van der Waals surface area contributed by atoms with Gasteiger partial charge in [-0.25, -0.2) is 4.79 Å². The van der Waals surface area contributed by atoms with E-state index in [0.717, 1.165) is 19.4 Å². The van der Waals surface area contributed by atoms with E-state index in [9.17, 15) is 4.79 Å². The summed E-state index contributed by atoms with van der Waals surface area (Å²) >= 11 is 0. The lowest BCUT2D eigenvalue weighted by Gasteiger charge is -2.21. The van der Waals surface area contributed by atoms with Crippen LogP contribution in [0.15, 0.2) is 0 Å². The van der Waals surface area contributed by atoms with Gasteiger partial charge in [0.2, 0.25) is 0 Å². The number of rotatable bonds is 1. The summed E-state index contributed by atoms with van der Waals surface area (Å²) in [5.74, 6) is -0.0716. The molecule has 1 heterocycles. The van der Waals surface area contributed by atoms with E-state index >= 15 is 0 Å². The topological polar surface area (TPSA) is 53.9 Å². The molecular weight excluding hydrogens is 166 g/mol. The molecule has 1 aliphatic rings. The maximum atomic E-state index is 10.5. The molecule has 2 atom stereocenters. The smallest absolute Gasteiger partial charge is 0.362 e. The van der Waals surface area contributed by atoms with Crippen molar-refractivity contribution in [1.29, 1.82) is 0 Å². The van der Waals surface area contributed by atoms with E-state index in [0.29, 0.717) is 5.92 Å². The van der Waals surface area contributed by atoms with Crippen LogP contribution in [0.3, 0.4) is 0 Å². The Bertz CT molecular complexity index is 140. The molecule has 0 aliphatic carbocycles. The van der Waals surface area contributed by atoms with Crippen LogP contribution in [0.5, 0.6) is 0 Å². The number of hydrogen-bond donors (Lipinski definition) is 2. The lowest BCUT2D eigenvalue weighted by Crippen LogP contribution is -3.00. The summed E-state index contributed by atoms with van der Waals surface area (Å²) in [4.78, 5) is 10.5. The second-order valence-corrected chi connectivity index (χ2v) is 3.10. The maximum Gasteiger partial charge on any atom is 0.362 e. The highest BCUT2D eigenvalue weighted by atomic mass is 35.5. The zero-order valence-electron chi connectivity index (χ0n) is 6.59. The number of hydrogen-bond acceptors (Lipinski definition) is 1. The van der Waals surface area contributed by atoms with Gasteiger partial charge in [0.15, 0.2) is 6.04 Å². The quantitative estimate of drug-likeness (QED) is 0.438. The summed E-state index contributed by atoms with van der Waals surface area (Å²) in [7, 11) is 0. The molecule has 0 unspecified atom stereocenters. The van der Waals surface area contributed by atoms with Crippen LogP contribution in [0.25, 0.3) is 0 Å². The summed E-state index contributed by atoms with van der Waals surface area (Å²) in [6.07, 6.45) is 1.99. The fourth-order valence-corrected chi connectivity index (χ4v) is 1.43. The Labute approximate surface area is 72.6 Å². The maximum absolute atomic E-state index is 10.5. The Morgan fingerprint density at radius 3 is 2.64 bits per heavy atom. The van der Waals surface area contributed by atoms with Gasteiger partial charge in [-0.15, -0.1) is 0 Å². The third-order valence-corrected chi connectivity index (χ3v) is 2.08. The van der Waals surface area contributed by atoms with Crippen LogP contribution in [-0.2, 0) is 4.79 Å². The minimum Gasteiger partial charge on any atom is -1.00 e. The normalized spacial score (nSPS) is 30.6. The Morgan fingerprint density at radius 2 is 2.27 bits per heavy atom. The van der Waals surface area contributed by atoms with Gasteiger partial charge in [0, 0.05) is 6.42 Å². The van der Waals surface area contributed by atoms with Crippen LogP contribution in [0.2, 0.25) is 0 Å². The molecule has 3 nitrogen and oxygen atoms in total. The van der Waals surface area contributed by atoms with Crippen LogP contribution in [0.1, 0.15) is 19.8 Å². The summed E-state index contributed by atoms with van der Waals surface area (Å²) < 4.78 is 0. The fraction of sp³-hybridized carbons (Fsp3) is 0.857. The first kappa shape index (κ1) is 10.7. The van der Waals surface area contributed by atoms with Gasteiger partial charge in [0.25, 0.3) is 0 Å². The molecular formula is C7H14ClNO2. The predicted molar refractivity (Wildman–Crippen MR) is 36.6 cm³/mol. The van der Waals surface area contributed by atoms with Gasteiger partial charge in [-0.05, 0) is 12.3 Å². The highest BCUT2D eigenvalue weighted by Crippen LogP contribution is 2.10. The van der Waals surface area contributed by atoms with Crippen LogP contribution in [0, 0.1) is 5.92 Å². The molecule has 0 amide bonds. The molecule has 1 aliphatic heterocycles. The SMILES string of the molecule is C[C@H]1CC[NH2+][C@@H](C(=O)O)C1.[Cl-]. The number of carbonyl (C=O) groups is 1. The molecule has 1 rings (SSSR count). The summed E-state index contributed by atoms with van der Waals surface area (Å²) in [6, 6.07) is -0.177. The lowest BCUT2D eigenvalue weighted by atomic mass is 9.94. The van der Waals surface area contributed by atoms with Crippen LogP contribution in [0.4, 0.5) is 0 Å². The third-order valence-electron chi connectivity index (χ3n) is 2.08. The van der Waals surface area contributed by atoms with E-state index in [-0.39, 0.29) is 18.4 Å². The Hall–Kier alpha value is -0.280. The Balaban J connectivity index is 0.000001000. The van der Waals surface area contributed by atoms with Crippen molar-refractivity contribution in [1.82, 2.24) is 0 Å². The zero-order chi connectivity index (χ0) is 7.56. The van der Waals surface area contributed by atoms with E-state index in [1.807, 2.05) is 5.32 Å². The van der Waals surface area contributed by atoms with Crippen molar-refractivity contribution in [3.8, 4) is 0 Å². The molecule has 3 N–H and O–H groups in total. The van der Waals surface area contributed by atoms with Crippen molar-refractivity contribution in [2.24, 2.45) is 5.92 Å². The molecule has 0 aromatic heterocycles. The molecule has 66 valence electrons. The van der Waals surface area contributed by atoms with E-state index in [4.69, 9.17) is 5.11 Å². The first-order valence-electron chi connectivity index (χ1n) is 3.76. The van der Waals surface area contributed by atoms with E-state index in [1.165, 1.54) is 0 Å². The standard InChI is InChI=1S/C7H13NO2.ClH/c1-5-2-3-8-6(4-5)7(9)10;/h5-6,8H,2-4H2,1H3,(H,9,10);1H/t5-,6+;/m0./s1. The Morgan fingerprint density at radius 1 is 1.64 bits per heavy atom. The minimum atomic E-state index is -0.661. The highest BCUT2D eigenvalue weighted by Gasteiger charge is 2.27. The molecule has 0 aromatic rings. The molecule has 11 heavy (non-hydrogen) atoms. The second-order valence-electron chi connectivity index (χ2n) is 3.10. The monoisotopic (exact) mass is 179 g/mol. The highest BCUT2D eigenvalue weighted by molar-refractivity contribution is 5.71. The Kier molecular flexibility index (Phi) is 4.45. The summed E-state index contributed by atoms with van der Waals surface area (Å²) in [6.45, 7) is 3.08. The first-order valence-corrected chi connectivity index (χ1v) is 3.76. The predicted octanol–water partition coefficient (Wildman–Crippen LogP) is -3.56. The average Bonchev–Trinajstić information content (AvgIpc) is 1.88. The summed E-state index contributed by atoms with van der Waals surface area (Å²) in [5.41, 5.74) is 0. The molecule has 0 radical (unpaired) electrons. The van der Waals surface area contributed by atoms with Crippen molar-refractivity contribution in [3.05, 3.63) is 0 Å². The van der Waals surface area contributed by atoms with Gasteiger partial charge in [0.05, 0.1) is 6.54 Å². The molecule has 1 fully saturated rings. The number of carboxylic acids is 1. The molecule has 0 bridgehead atoms. The fourth-order valence-electron chi connectivity index (χ4n) is 1.43. The number of quaternary nitrogens is 1. The van der Waals surface area contributed by atoms with Gasteiger partial charge in [-0.1, -0.05) is 6.92 Å². The molecule has 0 saturated carbocycles. The summed E-state index contributed by atoms with van der Waals surface area (Å²) in [5, 5.41) is 10.5. The van der Waals surface area contributed by atoms with Crippen LogP contribution >= 0.6 is 0 Å². The number of piperidine rings is 1. The van der Waals surface area contributed by atoms with E-state index in [1.54, 1.807) is 0 Å². The lowest BCUT2D eigenvalue weighted by molar-refractivity contribution is -0.688. The van der Waals surface area contributed by atoms with Crippen molar-refractivity contribution in [2.75, 3.05) is 6.54 Å². The second kappa shape index (κ2) is 4.57. The minimum absolute atomic E-state index is 0. The van der Waals surface area contributed by atoms with Crippen LogP contribution in [-0.4, -0.2) is 23.7 Å². The van der Waals surface area contributed by atoms with Crippen molar-refractivity contribution < 1.29 is 27.6 Å². The van der Waals surface area contributed by atoms with Gasteiger partial charge in [-0.2, -0.15) is 0 Å². The van der Waals surface area contributed by atoms with Gasteiger partial charge in [-0.3, -0.25) is 0 Å². The van der Waals surface area contributed by atoms with Crippen molar-refractivity contribution >= 4 is 5.97 Å². The molecule has 1 saturated heterocycles. The van der Waals surface area contributed by atoms with Crippen molar-refractivity contribution in [2.45, 2.75) is 25.8 Å². The third kappa shape index (κ3) is 3.08. The van der Waals surface area contributed by atoms with Crippen LogP contribution < -0.4 is 17.7 Å². The first-order chi connectivity index (χ1) is 4.70. The average molecular weight is 180 g/mol.